The van der Waals surface area contributed by atoms with Crippen molar-refractivity contribution in [2.45, 2.75) is 6.42 Å². The largest absolute Gasteiger partial charge is 0.384 e. The fraction of sp³-hybridized carbons (Fsp3) is 0.111. The number of hydrogen-bond donors (Lipinski definition) is 0. The Morgan fingerprint density at radius 3 is 2.16 bits per heavy atom. The summed E-state index contributed by atoms with van der Waals surface area (Å²) in [5.74, 6) is 1.66. The van der Waals surface area contributed by atoms with Gasteiger partial charge in [0, 0.05) is 29.2 Å². The van der Waals surface area contributed by atoms with Gasteiger partial charge in [0.15, 0.2) is 17.5 Å². The normalized spacial score (nSPS) is 10.8. The molecule has 160 valence electrons. The summed E-state index contributed by atoms with van der Waals surface area (Å²) in [6.45, 7) is 0.532. The molecule has 0 spiro atoms. The molecule has 0 saturated heterocycles. The molecule has 0 saturated carbocycles. The molecule has 0 aromatic heterocycles. The quantitative estimate of drug-likeness (QED) is 0.198. The van der Waals surface area contributed by atoms with E-state index in [2.05, 4.69) is 11.8 Å². The summed E-state index contributed by atoms with van der Waals surface area (Å²) < 4.78 is 60.2. The van der Waals surface area contributed by atoms with Crippen LogP contribution in [0.3, 0.4) is 0 Å². The molecule has 1 nitrogen and oxygen atoms in total. The highest BCUT2D eigenvalue weighted by Crippen LogP contribution is 2.25. The second-order valence-corrected chi connectivity index (χ2v) is 7.31. The summed E-state index contributed by atoms with van der Waals surface area (Å²) in [6.07, 6.45) is 0.644. The minimum absolute atomic E-state index is 0.00549. The van der Waals surface area contributed by atoms with Gasteiger partial charge in [-0.3, -0.25) is 0 Å². The zero-order valence-electron chi connectivity index (χ0n) is 17.2. The Bertz CT molecular complexity index is 1350. The fourth-order valence-corrected chi connectivity index (χ4v) is 3.43. The van der Waals surface area contributed by atoms with Gasteiger partial charge in [0.2, 0.25) is 0 Å². The van der Waals surface area contributed by atoms with Gasteiger partial charge in [-0.25, -0.2) is 17.6 Å². The molecule has 0 N–H and O–H groups in total. The molecule has 0 radical (unpaired) electrons. The third-order valence-corrected chi connectivity index (χ3v) is 5.15. The topological polar surface area (TPSA) is 9.23 Å². The summed E-state index contributed by atoms with van der Waals surface area (Å²) in [7, 11) is 1.61. The fourth-order valence-electron chi connectivity index (χ4n) is 3.43. The third kappa shape index (κ3) is 4.51. The Morgan fingerprint density at radius 1 is 0.719 bits per heavy atom. The molecular weight excluding hydrogens is 416 g/mol. The van der Waals surface area contributed by atoms with E-state index in [1.807, 2.05) is 6.07 Å². The average molecular weight is 434 g/mol. The van der Waals surface area contributed by atoms with E-state index in [-0.39, 0.29) is 16.6 Å². The summed E-state index contributed by atoms with van der Waals surface area (Å²) in [5, 5.41) is 0.224. The van der Waals surface area contributed by atoms with Crippen molar-refractivity contribution < 1.29 is 22.3 Å². The lowest BCUT2D eigenvalue weighted by molar-refractivity contribution is 0.202. The van der Waals surface area contributed by atoms with E-state index in [1.165, 1.54) is 18.2 Å². The molecule has 0 unspecified atom stereocenters. The highest BCUT2D eigenvalue weighted by atomic mass is 19.2. The van der Waals surface area contributed by atoms with Crippen LogP contribution in [0.25, 0.3) is 21.9 Å². The number of halogens is 4. The molecule has 32 heavy (non-hydrogen) atoms. The maximum atomic E-state index is 14.5. The predicted octanol–water partition coefficient (Wildman–Crippen LogP) is 6.65. The van der Waals surface area contributed by atoms with Crippen molar-refractivity contribution in [1.29, 1.82) is 0 Å². The lowest BCUT2D eigenvalue weighted by atomic mass is 10.0. The molecule has 0 aliphatic rings. The average Bonchev–Trinajstić information content (AvgIpc) is 2.80. The van der Waals surface area contributed by atoms with Gasteiger partial charge in [0.1, 0.15) is 5.82 Å². The number of fused-ring (bicyclic) bond motifs is 1. The van der Waals surface area contributed by atoms with Crippen molar-refractivity contribution in [3.05, 3.63) is 107 Å². The van der Waals surface area contributed by atoms with Crippen molar-refractivity contribution in [2.24, 2.45) is 0 Å². The Hall–Kier alpha value is -3.62. The standard InChI is InChI=1S/C27H18F4O/c1-32-13-12-19-6-10-22(24(28)15-19)20-8-4-17(5-9-20)2-3-18-7-11-23-21(14-18)16-25(29)27(31)26(23)30/h4-11,14-16H,12-13H2,1H3. The Labute approximate surface area is 183 Å². The van der Waals surface area contributed by atoms with E-state index in [1.54, 1.807) is 43.5 Å². The van der Waals surface area contributed by atoms with Gasteiger partial charge in [-0.2, -0.15) is 0 Å². The van der Waals surface area contributed by atoms with E-state index in [0.29, 0.717) is 29.7 Å². The molecular formula is C27H18F4O. The summed E-state index contributed by atoms with van der Waals surface area (Å²) >= 11 is 0. The van der Waals surface area contributed by atoms with Gasteiger partial charge in [-0.15, -0.1) is 0 Å². The van der Waals surface area contributed by atoms with E-state index in [0.717, 1.165) is 17.2 Å². The van der Waals surface area contributed by atoms with Crippen LogP contribution in [0.15, 0.2) is 66.7 Å². The third-order valence-electron chi connectivity index (χ3n) is 5.15. The molecule has 0 atom stereocenters. The van der Waals surface area contributed by atoms with Crippen LogP contribution in [0.5, 0.6) is 0 Å². The minimum atomic E-state index is -1.49. The molecule has 4 aromatic carbocycles. The van der Waals surface area contributed by atoms with Crippen LogP contribution < -0.4 is 0 Å². The number of benzene rings is 4. The lowest BCUT2D eigenvalue weighted by Crippen LogP contribution is -1.96. The van der Waals surface area contributed by atoms with Crippen molar-refractivity contribution in [3.8, 4) is 23.0 Å². The molecule has 0 aliphatic heterocycles. The molecule has 4 aromatic rings. The first-order valence-corrected chi connectivity index (χ1v) is 9.93. The molecule has 0 fully saturated rings. The Kier molecular flexibility index (Phi) is 6.25. The van der Waals surface area contributed by atoms with Gasteiger partial charge in [-0.1, -0.05) is 42.2 Å². The van der Waals surface area contributed by atoms with E-state index in [9.17, 15) is 17.6 Å². The Balaban J connectivity index is 1.56. The van der Waals surface area contributed by atoms with Gasteiger partial charge in [0.25, 0.3) is 0 Å². The molecule has 0 heterocycles. The van der Waals surface area contributed by atoms with Crippen molar-refractivity contribution in [3.63, 3.8) is 0 Å². The number of hydrogen-bond acceptors (Lipinski definition) is 1. The zero-order valence-corrected chi connectivity index (χ0v) is 17.2. The Morgan fingerprint density at radius 2 is 1.44 bits per heavy atom. The second-order valence-electron chi connectivity index (χ2n) is 7.31. The maximum Gasteiger partial charge on any atom is 0.195 e. The minimum Gasteiger partial charge on any atom is -0.384 e. The van der Waals surface area contributed by atoms with Crippen LogP contribution in [0.1, 0.15) is 16.7 Å². The highest BCUT2D eigenvalue weighted by molar-refractivity contribution is 5.84. The SMILES string of the molecule is COCCc1ccc(-c2ccc(C#Cc3ccc4c(F)c(F)c(F)cc4c3)cc2)c(F)c1. The van der Waals surface area contributed by atoms with Gasteiger partial charge < -0.3 is 4.74 Å². The molecule has 4 rings (SSSR count). The van der Waals surface area contributed by atoms with Crippen molar-refractivity contribution >= 4 is 10.8 Å². The first-order valence-electron chi connectivity index (χ1n) is 9.93. The van der Waals surface area contributed by atoms with E-state index < -0.39 is 17.5 Å². The smallest absolute Gasteiger partial charge is 0.195 e. The summed E-state index contributed by atoms with van der Waals surface area (Å²) in [4.78, 5) is 0. The highest BCUT2D eigenvalue weighted by Gasteiger charge is 2.13. The van der Waals surface area contributed by atoms with Gasteiger partial charge in [0.05, 0.1) is 6.61 Å². The number of rotatable bonds is 4. The second kappa shape index (κ2) is 9.25. The predicted molar refractivity (Wildman–Crippen MR) is 117 cm³/mol. The monoisotopic (exact) mass is 434 g/mol. The molecule has 5 heteroatoms. The summed E-state index contributed by atoms with van der Waals surface area (Å²) in [5.41, 5.74) is 3.32. The maximum absolute atomic E-state index is 14.5. The van der Waals surface area contributed by atoms with Crippen LogP contribution in [-0.4, -0.2) is 13.7 Å². The molecule has 0 bridgehead atoms. The van der Waals surface area contributed by atoms with Crippen molar-refractivity contribution in [1.82, 2.24) is 0 Å². The van der Waals surface area contributed by atoms with Crippen LogP contribution in [0.2, 0.25) is 0 Å². The molecule has 0 aliphatic carbocycles. The first-order chi connectivity index (χ1) is 15.5. The van der Waals surface area contributed by atoms with Crippen LogP contribution in [-0.2, 0) is 11.2 Å². The van der Waals surface area contributed by atoms with Gasteiger partial charge in [-0.05, 0) is 59.3 Å². The van der Waals surface area contributed by atoms with E-state index in [4.69, 9.17) is 4.74 Å². The van der Waals surface area contributed by atoms with Crippen LogP contribution in [0.4, 0.5) is 17.6 Å². The first kappa shape index (κ1) is 21.6. The molecule has 0 amide bonds. The van der Waals surface area contributed by atoms with Crippen molar-refractivity contribution in [2.75, 3.05) is 13.7 Å². The zero-order chi connectivity index (χ0) is 22.7. The van der Waals surface area contributed by atoms with Gasteiger partial charge >= 0.3 is 0 Å². The number of methoxy groups -OCH3 is 1. The van der Waals surface area contributed by atoms with E-state index >= 15 is 0 Å². The lowest BCUT2D eigenvalue weighted by Gasteiger charge is -2.07. The number of ether oxygens (including phenoxy) is 1. The van der Waals surface area contributed by atoms with Crippen LogP contribution in [0, 0.1) is 35.1 Å². The summed E-state index contributed by atoms with van der Waals surface area (Å²) in [6, 6.07) is 17.6. The van der Waals surface area contributed by atoms with Crippen LogP contribution >= 0.6 is 0 Å².